The molecule has 20 heavy (non-hydrogen) atoms. The van der Waals surface area contributed by atoms with Crippen LogP contribution in [0.4, 0.5) is 5.69 Å². The van der Waals surface area contributed by atoms with E-state index in [-0.39, 0.29) is 10.6 Å². The Kier molecular flexibility index (Phi) is 4.80. The molecule has 0 bridgehead atoms. The van der Waals surface area contributed by atoms with Gasteiger partial charge in [0.1, 0.15) is 4.90 Å². The number of benzene rings is 2. The Morgan fingerprint density at radius 1 is 1.10 bits per heavy atom. The third-order valence-electron chi connectivity index (χ3n) is 2.81. The zero-order valence-electron chi connectivity index (χ0n) is 10.7. The predicted octanol–water partition coefficient (Wildman–Crippen LogP) is 2.55. The maximum Gasteiger partial charge on any atom is 0.242 e. The Morgan fingerprint density at radius 3 is 2.50 bits per heavy atom. The molecule has 0 amide bonds. The lowest BCUT2D eigenvalue weighted by Crippen LogP contribution is -2.26. The maximum atomic E-state index is 12.2. The van der Waals surface area contributed by atoms with Gasteiger partial charge in [0.05, 0.1) is 5.69 Å². The SMILES string of the molecule is Nc1ccc(Br)cc1S(=O)(=O)NCCc1ccccc1. The standard InChI is InChI=1S/C14H15BrN2O2S/c15-12-6-7-13(16)14(10-12)20(18,19)17-9-8-11-4-2-1-3-5-11/h1-7,10,17H,8-9,16H2. The first-order chi connectivity index (χ1) is 9.49. The van der Waals surface area contributed by atoms with Crippen molar-refractivity contribution in [3.8, 4) is 0 Å². The third kappa shape index (κ3) is 3.82. The maximum absolute atomic E-state index is 12.2. The summed E-state index contributed by atoms with van der Waals surface area (Å²) in [5.74, 6) is 0. The minimum absolute atomic E-state index is 0.0972. The number of nitrogens with two attached hydrogens (primary N) is 1. The van der Waals surface area contributed by atoms with Crippen molar-refractivity contribution in [3.63, 3.8) is 0 Å². The van der Waals surface area contributed by atoms with Crippen LogP contribution in [0.1, 0.15) is 5.56 Å². The lowest BCUT2D eigenvalue weighted by atomic mass is 10.2. The number of hydrogen-bond donors (Lipinski definition) is 2. The summed E-state index contributed by atoms with van der Waals surface area (Å²) in [6.45, 7) is 0.332. The van der Waals surface area contributed by atoms with Crippen molar-refractivity contribution in [1.82, 2.24) is 4.72 Å². The Hall–Kier alpha value is -1.37. The largest absolute Gasteiger partial charge is 0.398 e. The Morgan fingerprint density at radius 2 is 1.80 bits per heavy atom. The van der Waals surface area contributed by atoms with Crippen LogP contribution < -0.4 is 10.5 Å². The highest BCUT2D eigenvalue weighted by Gasteiger charge is 2.17. The molecule has 2 rings (SSSR count). The third-order valence-corrected chi connectivity index (χ3v) is 4.82. The van der Waals surface area contributed by atoms with Crippen LogP contribution in [0.15, 0.2) is 57.9 Å². The highest BCUT2D eigenvalue weighted by molar-refractivity contribution is 9.10. The molecule has 0 saturated carbocycles. The number of rotatable bonds is 5. The molecule has 0 fully saturated rings. The van der Waals surface area contributed by atoms with Gasteiger partial charge in [-0.1, -0.05) is 46.3 Å². The van der Waals surface area contributed by atoms with Gasteiger partial charge in [0.25, 0.3) is 0 Å². The summed E-state index contributed by atoms with van der Waals surface area (Å²) < 4.78 is 27.6. The lowest BCUT2D eigenvalue weighted by Gasteiger charge is -2.09. The highest BCUT2D eigenvalue weighted by Crippen LogP contribution is 2.22. The number of halogens is 1. The van der Waals surface area contributed by atoms with Gasteiger partial charge in [0.2, 0.25) is 10.0 Å². The van der Waals surface area contributed by atoms with Crippen LogP contribution in [0.25, 0.3) is 0 Å². The number of sulfonamides is 1. The van der Waals surface area contributed by atoms with E-state index in [0.717, 1.165) is 5.56 Å². The first-order valence-corrected chi connectivity index (χ1v) is 8.35. The van der Waals surface area contributed by atoms with Gasteiger partial charge in [-0.05, 0) is 30.2 Å². The van der Waals surface area contributed by atoms with Gasteiger partial charge in [-0.2, -0.15) is 0 Å². The monoisotopic (exact) mass is 354 g/mol. The molecule has 0 spiro atoms. The van der Waals surface area contributed by atoms with E-state index >= 15 is 0 Å². The van der Waals surface area contributed by atoms with Gasteiger partial charge in [0.15, 0.2) is 0 Å². The van der Waals surface area contributed by atoms with Crippen LogP contribution >= 0.6 is 15.9 Å². The van der Waals surface area contributed by atoms with E-state index in [0.29, 0.717) is 17.4 Å². The van der Waals surface area contributed by atoms with Crippen molar-refractivity contribution < 1.29 is 8.42 Å². The molecule has 0 aliphatic carbocycles. The summed E-state index contributed by atoms with van der Waals surface area (Å²) in [6, 6.07) is 14.5. The number of nitrogen functional groups attached to an aromatic ring is 1. The quantitative estimate of drug-likeness (QED) is 0.810. The van der Waals surface area contributed by atoms with Crippen molar-refractivity contribution in [2.75, 3.05) is 12.3 Å². The molecule has 0 saturated heterocycles. The van der Waals surface area contributed by atoms with Crippen molar-refractivity contribution in [3.05, 3.63) is 58.6 Å². The molecular weight excluding hydrogens is 340 g/mol. The zero-order valence-corrected chi connectivity index (χ0v) is 13.1. The van der Waals surface area contributed by atoms with Gasteiger partial charge in [-0.15, -0.1) is 0 Å². The average Bonchev–Trinajstić information content (AvgIpc) is 2.42. The molecular formula is C14H15BrN2O2S. The second-order valence-electron chi connectivity index (χ2n) is 4.32. The second-order valence-corrected chi connectivity index (χ2v) is 6.97. The van der Waals surface area contributed by atoms with Crippen LogP contribution in [0.2, 0.25) is 0 Å². The fourth-order valence-corrected chi connectivity index (χ4v) is 3.49. The minimum Gasteiger partial charge on any atom is -0.398 e. The minimum atomic E-state index is -3.59. The highest BCUT2D eigenvalue weighted by atomic mass is 79.9. The van der Waals surface area contributed by atoms with Gasteiger partial charge in [-0.25, -0.2) is 13.1 Å². The summed E-state index contributed by atoms with van der Waals surface area (Å²) >= 11 is 3.25. The first-order valence-electron chi connectivity index (χ1n) is 6.08. The smallest absolute Gasteiger partial charge is 0.242 e. The summed E-state index contributed by atoms with van der Waals surface area (Å²) in [6.07, 6.45) is 0.633. The molecule has 6 heteroatoms. The van der Waals surface area contributed by atoms with Crippen molar-refractivity contribution >= 4 is 31.6 Å². The second kappa shape index (κ2) is 6.39. The number of nitrogens with one attached hydrogen (secondary N) is 1. The first kappa shape index (κ1) is 15.0. The van der Waals surface area contributed by atoms with E-state index in [9.17, 15) is 8.42 Å². The van der Waals surface area contributed by atoms with Crippen molar-refractivity contribution in [1.29, 1.82) is 0 Å². The normalized spacial score (nSPS) is 11.4. The summed E-state index contributed by atoms with van der Waals surface area (Å²) in [4.78, 5) is 0.0972. The Labute approximate surface area is 127 Å². The van der Waals surface area contributed by atoms with Crippen molar-refractivity contribution in [2.45, 2.75) is 11.3 Å². The van der Waals surface area contributed by atoms with E-state index in [1.165, 1.54) is 6.07 Å². The summed E-state index contributed by atoms with van der Waals surface area (Å²) in [5.41, 5.74) is 7.04. The molecule has 0 aromatic heterocycles. The predicted molar refractivity (Wildman–Crippen MR) is 83.9 cm³/mol. The fourth-order valence-electron chi connectivity index (χ4n) is 1.79. The van der Waals surface area contributed by atoms with Gasteiger partial charge in [0, 0.05) is 11.0 Å². The Balaban J connectivity index is 2.06. The number of anilines is 1. The van der Waals surface area contributed by atoms with Crippen molar-refractivity contribution in [2.24, 2.45) is 0 Å². The van der Waals surface area contributed by atoms with Gasteiger partial charge < -0.3 is 5.73 Å². The van der Waals surface area contributed by atoms with E-state index in [2.05, 4.69) is 20.7 Å². The van der Waals surface area contributed by atoms with Crippen LogP contribution in [-0.4, -0.2) is 15.0 Å². The number of hydrogen-bond acceptors (Lipinski definition) is 3. The molecule has 4 nitrogen and oxygen atoms in total. The molecule has 0 aliphatic rings. The topological polar surface area (TPSA) is 72.2 Å². The molecule has 106 valence electrons. The molecule has 2 aromatic carbocycles. The van der Waals surface area contributed by atoms with Crippen LogP contribution in [0.5, 0.6) is 0 Å². The fraction of sp³-hybridized carbons (Fsp3) is 0.143. The van der Waals surface area contributed by atoms with E-state index < -0.39 is 10.0 Å². The van der Waals surface area contributed by atoms with E-state index in [1.807, 2.05) is 30.3 Å². The summed E-state index contributed by atoms with van der Waals surface area (Å²) in [7, 11) is -3.59. The Bertz CT molecular complexity index is 688. The molecule has 0 aliphatic heterocycles. The van der Waals surface area contributed by atoms with E-state index in [4.69, 9.17) is 5.73 Å². The molecule has 2 aromatic rings. The zero-order chi connectivity index (χ0) is 14.6. The molecule has 3 N–H and O–H groups in total. The van der Waals surface area contributed by atoms with Crippen LogP contribution in [0.3, 0.4) is 0 Å². The summed E-state index contributed by atoms with van der Waals surface area (Å²) in [5, 5.41) is 0. The van der Waals surface area contributed by atoms with Crippen LogP contribution in [-0.2, 0) is 16.4 Å². The van der Waals surface area contributed by atoms with Gasteiger partial charge >= 0.3 is 0 Å². The molecule has 0 atom stereocenters. The molecule has 0 radical (unpaired) electrons. The van der Waals surface area contributed by atoms with Gasteiger partial charge in [-0.3, -0.25) is 0 Å². The average molecular weight is 355 g/mol. The molecule has 0 heterocycles. The lowest BCUT2D eigenvalue weighted by molar-refractivity contribution is 0.582. The molecule has 0 unspecified atom stereocenters. The van der Waals surface area contributed by atoms with E-state index in [1.54, 1.807) is 12.1 Å². The van der Waals surface area contributed by atoms with Crippen LogP contribution in [0, 0.1) is 0 Å².